The quantitative estimate of drug-likeness (QED) is 0.596. The second-order valence-electron chi connectivity index (χ2n) is 7.16. The maximum Gasteiger partial charge on any atom is 0.298 e. The first kappa shape index (κ1) is 17.3. The average molecular weight is 290 g/mol. The molecule has 0 unspecified atom stereocenters. The third-order valence-electron chi connectivity index (χ3n) is 3.21. The summed E-state index contributed by atoms with van der Waals surface area (Å²) in [4.78, 5) is 10.7. The molecule has 3 nitrogen and oxygen atoms in total. The topological polar surface area (TPSA) is 35.5 Å². The highest BCUT2D eigenvalue weighted by Gasteiger charge is 2.28. The second-order valence-corrected chi connectivity index (χ2v) is 7.16. The Bertz CT molecular complexity index is 481. The number of rotatable bonds is 5. The molecule has 0 N–H and O–H groups in total. The Kier molecular flexibility index (Phi) is 5.21. The van der Waals surface area contributed by atoms with Crippen LogP contribution >= 0.6 is 0 Å². The maximum absolute atomic E-state index is 10.7. The molecule has 1 aromatic rings. The summed E-state index contributed by atoms with van der Waals surface area (Å²) in [6, 6.07) is 3.75. The zero-order chi connectivity index (χ0) is 16.3. The van der Waals surface area contributed by atoms with Gasteiger partial charge in [0.05, 0.1) is 0 Å². The normalized spacial score (nSPS) is 11.9. The van der Waals surface area contributed by atoms with Crippen LogP contribution in [0.1, 0.15) is 52.7 Å². The third kappa shape index (κ3) is 4.35. The van der Waals surface area contributed by atoms with Crippen molar-refractivity contribution in [3.63, 3.8) is 0 Å². The molecule has 0 bridgehead atoms. The van der Waals surface area contributed by atoms with Crippen molar-refractivity contribution in [2.24, 2.45) is 0 Å². The Labute approximate surface area is 128 Å². The zero-order valence-electron chi connectivity index (χ0n) is 13.9. The molecular formula is C18H26O3. The van der Waals surface area contributed by atoms with E-state index in [1.54, 1.807) is 6.08 Å². The predicted octanol–water partition coefficient (Wildman–Crippen LogP) is 4.38. The molecule has 1 rings (SSSR count). The first-order valence-corrected chi connectivity index (χ1v) is 7.14. The summed E-state index contributed by atoms with van der Waals surface area (Å²) in [5.41, 5.74) is 1.79. The van der Waals surface area contributed by atoms with E-state index in [2.05, 4.69) is 48.1 Å². The number of carbonyl (C=O) groups is 1. The van der Waals surface area contributed by atoms with Gasteiger partial charge in [-0.1, -0.05) is 54.2 Å². The Hall–Kier alpha value is -1.77. The molecule has 116 valence electrons. The lowest BCUT2D eigenvalue weighted by Crippen LogP contribution is -2.20. The van der Waals surface area contributed by atoms with E-state index >= 15 is 0 Å². The molecule has 0 radical (unpaired) electrons. The SMILES string of the molecule is C=CCOc1c(C(C)(C)C)cc(OC=O)cc1C(C)(C)C. The fourth-order valence-electron chi connectivity index (χ4n) is 2.14. The number of hydrogen-bond acceptors (Lipinski definition) is 3. The van der Waals surface area contributed by atoms with Crippen LogP contribution in [0.5, 0.6) is 11.5 Å². The van der Waals surface area contributed by atoms with Crippen molar-refractivity contribution in [1.82, 2.24) is 0 Å². The van der Waals surface area contributed by atoms with Crippen molar-refractivity contribution in [2.45, 2.75) is 52.4 Å². The third-order valence-corrected chi connectivity index (χ3v) is 3.21. The summed E-state index contributed by atoms with van der Waals surface area (Å²) in [5.74, 6) is 1.40. The van der Waals surface area contributed by atoms with Crippen molar-refractivity contribution in [1.29, 1.82) is 0 Å². The van der Waals surface area contributed by atoms with Gasteiger partial charge in [0.2, 0.25) is 0 Å². The Morgan fingerprint density at radius 2 is 1.52 bits per heavy atom. The fraction of sp³-hybridized carbons (Fsp3) is 0.500. The minimum Gasteiger partial charge on any atom is -0.489 e. The minimum absolute atomic E-state index is 0.126. The maximum atomic E-state index is 10.7. The summed E-state index contributed by atoms with van der Waals surface area (Å²) in [6.07, 6.45) is 1.73. The molecule has 1 aromatic carbocycles. The van der Waals surface area contributed by atoms with Gasteiger partial charge in [-0.05, 0) is 23.0 Å². The van der Waals surface area contributed by atoms with E-state index in [1.165, 1.54) is 0 Å². The molecule has 0 amide bonds. The highest BCUT2D eigenvalue weighted by Crippen LogP contribution is 2.42. The molecule has 0 saturated carbocycles. The van der Waals surface area contributed by atoms with Crippen LogP contribution in [0.2, 0.25) is 0 Å². The first-order chi connectivity index (χ1) is 9.61. The van der Waals surface area contributed by atoms with E-state index in [9.17, 15) is 4.79 Å². The van der Waals surface area contributed by atoms with Crippen molar-refractivity contribution in [3.8, 4) is 11.5 Å². The van der Waals surface area contributed by atoms with Crippen molar-refractivity contribution >= 4 is 6.47 Å². The summed E-state index contributed by atoms with van der Waals surface area (Å²) >= 11 is 0. The first-order valence-electron chi connectivity index (χ1n) is 7.14. The van der Waals surface area contributed by atoms with Crippen LogP contribution in [0, 0.1) is 0 Å². The predicted molar refractivity (Wildman–Crippen MR) is 86.2 cm³/mol. The summed E-state index contributed by atoms with van der Waals surface area (Å²) in [7, 11) is 0. The number of ether oxygens (including phenoxy) is 2. The monoisotopic (exact) mass is 290 g/mol. The highest BCUT2D eigenvalue weighted by atomic mass is 16.5. The van der Waals surface area contributed by atoms with Gasteiger partial charge in [-0.2, -0.15) is 0 Å². The molecule has 0 saturated heterocycles. The minimum atomic E-state index is -0.126. The highest BCUT2D eigenvalue weighted by molar-refractivity contribution is 5.55. The van der Waals surface area contributed by atoms with Crippen LogP contribution in [0.25, 0.3) is 0 Å². The second kappa shape index (κ2) is 6.33. The molecule has 0 heterocycles. The number of benzene rings is 1. The zero-order valence-corrected chi connectivity index (χ0v) is 13.9. The van der Waals surface area contributed by atoms with Crippen molar-refractivity contribution in [2.75, 3.05) is 6.61 Å². The Balaban J connectivity index is 3.60. The molecule has 3 heteroatoms. The van der Waals surface area contributed by atoms with Gasteiger partial charge in [-0.25, -0.2) is 0 Å². The van der Waals surface area contributed by atoms with E-state index in [1.807, 2.05) is 12.1 Å². The fourth-order valence-corrected chi connectivity index (χ4v) is 2.14. The van der Waals surface area contributed by atoms with Gasteiger partial charge in [0.15, 0.2) is 0 Å². The van der Waals surface area contributed by atoms with Gasteiger partial charge in [-0.3, -0.25) is 4.79 Å². The van der Waals surface area contributed by atoms with Crippen LogP contribution in [0.3, 0.4) is 0 Å². The number of carbonyl (C=O) groups excluding carboxylic acids is 1. The van der Waals surface area contributed by atoms with Crippen molar-refractivity contribution in [3.05, 3.63) is 35.9 Å². The Morgan fingerprint density at radius 1 is 1.05 bits per heavy atom. The van der Waals surface area contributed by atoms with Gasteiger partial charge < -0.3 is 9.47 Å². The molecule has 21 heavy (non-hydrogen) atoms. The molecule has 0 aliphatic rings. The smallest absolute Gasteiger partial charge is 0.298 e. The van der Waals surface area contributed by atoms with Gasteiger partial charge in [0.25, 0.3) is 6.47 Å². The lowest BCUT2D eigenvalue weighted by Gasteiger charge is -2.30. The van der Waals surface area contributed by atoms with Gasteiger partial charge in [0, 0.05) is 11.1 Å². The Morgan fingerprint density at radius 3 is 1.86 bits per heavy atom. The van der Waals surface area contributed by atoms with E-state index in [4.69, 9.17) is 9.47 Å². The molecule has 0 aliphatic heterocycles. The van der Waals surface area contributed by atoms with E-state index in [-0.39, 0.29) is 10.8 Å². The van der Waals surface area contributed by atoms with Crippen LogP contribution in [-0.4, -0.2) is 13.1 Å². The molecule has 0 spiro atoms. The lowest BCUT2D eigenvalue weighted by molar-refractivity contribution is -0.120. The van der Waals surface area contributed by atoms with E-state index < -0.39 is 0 Å². The van der Waals surface area contributed by atoms with Crippen LogP contribution < -0.4 is 9.47 Å². The van der Waals surface area contributed by atoms with Gasteiger partial charge >= 0.3 is 0 Å². The average Bonchev–Trinajstić information content (AvgIpc) is 2.34. The number of hydrogen-bond donors (Lipinski definition) is 0. The summed E-state index contributed by atoms with van der Waals surface area (Å²) < 4.78 is 11.0. The summed E-state index contributed by atoms with van der Waals surface area (Å²) in [5, 5.41) is 0. The lowest BCUT2D eigenvalue weighted by atomic mass is 9.79. The van der Waals surface area contributed by atoms with Crippen LogP contribution in [0.15, 0.2) is 24.8 Å². The largest absolute Gasteiger partial charge is 0.489 e. The van der Waals surface area contributed by atoms with Gasteiger partial charge in [-0.15, -0.1) is 0 Å². The van der Waals surface area contributed by atoms with Gasteiger partial charge in [0.1, 0.15) is 18.1 Å². The van der Waals surface area contributed by atoms with E-state index in [0.29, 0.717) is 18.8 Å². The molecule has 0 fully saturated rings. The van der Waals surface area contributed by atoms with E-state index in [0.717, 1.165) is 16.9 Å². The van der Waals surface area contributed by atoms with Crippen LogP contribution in [0.4, 0.5) is 0 Å². The molecule has 0 aromatic heterocycles. The molecule has 0 aliphatic carbocycles. The molecular weight excluding hydrogens is 264 g/mol. The van der Waals surface area contributed by atoms with Crippen molar-refractivity contribution < 1.29 is 14.3 Å². The molecule has 0 atom stereocenters. The van der Waals surface area contributed by atoms with Crippen LogP contribution in [-0.2, 0) is 15.6 Å². The standard InChI is InChI=1S/C18H26O3/c1-8-9-20-16-14(17(2,3)4)10-13(21-12-19)11-15(16)18(5,6)7/h8,10-12H,1,9H2,2-7H3. The summed E-state index contributed by atoms with van der Waals surface area (Å²) in [6.45, 7) is 17.3.